The first-order chi connectivity index (χ1) is 9.31. The van der Waals surface area contributed by atoms with Crippen LogP contribution < -0.4 is 11.3 Å². The third-order valence-corrected chi connectivity index (χ3v) is 5.06. The summed E-state index contributed by atoms with van der Waals surface area (Å²) in [6.45, 7) is 2.04. The highest BCUT2D eigenvalue weighted by atomic mass is 32.1. The average molecular weight is 273 g/mol. The monoisotopic (exact) mass is 273 g/mol. The zero-order chi connectivity index (χ0) is 13.2. The summed E-state index contributed by atoms with van der Waals surface area (Å²) in [4.78, 5) is 5.56. The first kappa shape index (κ1) is 12.8. The molecule has 3 rings (SSSR count). The molecule has 0 bridgehead atoms. The average Bonchev–Trinajstić information content (AvgIpc) is 2.77. The largest absolute Gasteiger partial charge is 0.271 e. The van der Waals surface area contributed by atoms with E-state index in [9.17, 15) is 0 Å². The lowest BCUT2D eigenvalue weighted by Gasteiger charge is -2.30. The second-order valence-electron chi connectivity index (χ2n) is 5.16. The Morgan fingerprint density at radius 3 is 2.74 bits per heavy atom. The number of aromatic nitrogens is 1. The van der Waals surface area contributed by atoms with Crippen molar-refractivity contribution in [2.45, 2.75) is 38.1 Å². The normalized spacial score (nSPS) is 17.2. The first-order valence-corrected chi connectivity index (χ1v) is 7.64. The van der Waals surface area contributed by atoms with Gasteiger partial charge in [0.05, 0.1) is 22.1 Å². The Hall–Kier alpha value is -1.23. The summed E-state index contributed by atoms with van der Waals surface area (Å²) in [7, 11) is 0. The fraction of sp³-hybridized carbons (Fsp3) is 0.400. The first-order valence-electron chi connectivity index (χ1n) is 6.76. The summed E-state index contributed by atoms with van der Waals surface area (Å²) < 4.78 is 0. The van der Waals surface area contributed by atoms with Crippen molar-refractivity contribution in [3.63, 3.8) is 0 Å². The van der Waals surface area contributed by atoms with E-state index in [1.165, 1.54) is 35.3 Å². The molecule has 1 unspecified atom stereocenters. The second kappa shape index (κ2) is 5.41. The highest BCUT2D eigenvalue weighted by Gasteiger charge is 2.26. The highest BCUT2D eigenvalue weighted by Crippen LogP contribution is 2.41. The van der Waals surface area contributed by atoms with Gasteiger partial charge >= 0.3 is 0 Å². The molecule has 0 radical (unpaired) electrons. The molecule has 3 N–H and O–H groups in total. The fourth-order valence-corrected chi connectivity index (χ4v) is 3.64. The lowest BCUT2D eigenvalue weighted by molar-refractivity contribution is 0.414. The van der Waals surface area contributed by atoms with Gasteiger partial charge in [-0.1, -0.05) is 30.7 Å². The van der Waals surface area contributed by atoms with E-state index < -0.39 is 0 Å². The van der Waals surface area contributed by atoms with E-state index >= 15 is 0 Å². The van der Waals surface area contributed by atoms with E-state index in [2.05, 4.69) is 34.7 Å². The number of rotatable bonds is 4. The van der Waals surface area contributed by atoms with Crippen LogP contribution in [0.5, 0.6) is 0 Å². The minimum absolute atomic E-state index is 0.0595. The van der Waals surface area contributed by atoms with Crippen LogP contribution in [0.3, 0.4) is 0 Å². The van der Waals surface area contributed by atoms with E-state index in [1.807, 2.05) is 12.4 Å². The maximum atomic E-state index is 5.82. The zero-order valence-electron chi connectivity index (χ0n) is 11.1. The molecule has 1 aliphatic carbocycles. The van der Waals surface area contributed by atoms with Gasteiger partial charge in [-0.15, -0.1) is 11.3 Å². The number of hydrazine groups is 1. The molecule has 1 saturated carbocycles. The number of nitrogens with two attached hydrogens (primary N) is 1. The molecule has 1 heterocycles. The maximum Gasteiger partial charge on any atom is 0.0824 e. The van der Waals surface area contributed by atoms with E-state index in [-0.39, 0.29) is 6.04 Å². The van der Waals surface area contributed by atoms with Crippen LogP contribution in [0.1, 0.15) is 52.9 Å². The molecule has 0 aliphatic heterocycles. The summed E-state index contributed by atoms with van der Waals surface area (Å²) in [5.41, 5.74) is 8.69. The molecule has 1 aromatic heterocycles. The van der Waals surface area contributed by atoms with Crippen LogP contribution in [0.25, 0.3) is 0 Å². The molecule has 19 heavy (non-hydrogen) atoms. The van der Waals surface area contributed by atoms with Crippen LogP contribution in [0.15, 0.2) is 29.8 Å². The molecular formula is C15H19N3S. The van der Waals surface area contributed by atoms with Crippen LogP contribution in [0.2, 0.25) is 0 Å². The molecule has 1 aromatic carbocycles. The van der Waals surface area contributed by atoms with Crippen molar-refractivity contribution < 1.29 is 0 Å². The summed E-state index contributed by atoms with van der Waals surface area (Å²) >= 11 is 1.67. The van der Waals surface area contributed by atoms with Crippen LogP contribution in [0, 0.1) is 6.92 Å². The molecule has 0 spiro atoms. The third-order valence-electron chi connectivity index (χ3n) is 4.06. The van der Waals surface area contributed by atoms with Gasteiger partial charge in [0, 0.05) is 0 Å². The Labute approximate surface area is 117 Å². The summed E-state index contributed by atoms with van der Waals surface area (Å²) in [6.07, 6.45) is 3.95. The molecule has 2 aromatic rings. The second-order valence-corrected chi connectivity index (χ2v) is 6.04. The Balaban J connectivity index is 2.02. The molecule has 1 atom stereocenters. The van der Waals surface area contributed by atoms with Gasteiger partial charge in [0.15, 0.2) is 0 Å². The van der Waals surface area contributed by atoms with Gasteiger partial charge in [-0.2, -0.15) is 0 Å². The van der Waals surface area contributed by atoms with Crippen LogP contribution in [-0.4, -0.2) is 4.98 Å². The standard InChI is InChI=1S/C15H19N3S/c1-10-15(19-9-17-10)14(18-16)13-8-3-2-7-12(13)11-5-4-6-11/h2-3,7-9,11,14,18H,4-6,16H2,1H3. The Morgan fingerprint density at radius 2 is 2.16 bits per heavy atom. The highest BCUT2D eigenvalue weighted by molar-refractivity contribution is 7.09. The molecule has 0 amide bonds. The van der Waals surface area contributed by atoms with Crippen molar-refractivity contribution in [3.05, 3.63) is 51.5 Å². The van der Waals surface area contributed by atoms with E-state index in [1.54, 1.807) is 11.3 Å². The molecule has 1 aliphatic rings. The Kier molecular flexibility index (Phi) is 3.64. The number of benzene rings is 1. The summed E-state index contributed by atoms with van der Waals surface area (Å²) in [6, 6.07) is 8.73. The SMILES string of the molecule is Cc1ncsc1C(NN)c1ccccc1C1CCC1. The number of hydrogen-bond donors (Lipinski definition) is 2. The molecule has 100 valence electrons. The van der Waals surface area contributed by atoms with Crippen LogP contribution >= 0.6 is 11.3 Å². The van der Waals surface area contributed by atoms with Crippen LogP contribution in [0.4, 0.5) is 0 Å². The number of aryl methyl sites for hydroxylation is 1. The molecule has 4 heteroatoms. The minimum atomic E-state index is 0.0595. The van der Waals surface area contributed by atoms with Gasteiger partial charge in [0.2, 0.25) is 0 Å². The summed E-state index contributed by atoms with van der Waals surface area (Å²) in [5.74, 6) is 6.53. The predicted molar refractivity (Wildman–Crippen MR) is 79.1 cm³/mol. The number of hydrogen-bond acceptors (Lipinski definition) is 4. The smallest absolute Gasteiger partial charge is 0.0824 e. The van der Waals surface area contributed by atoms with E-state index in [0.29, 0.717) is 5.92 Å². The van der Waals surface area contributed by atoms with Gasteiger partial charge in [-0.25, -0.2) is 10.4 Å². The molecule has 1 fully saturated rings. The zero-order valence-corrected chi connectivity index (χ0v) is 11.9. The van der Waals surface area contributed by atoms with E-state index in [4.69, 9.17) is 5.84 Å². The van der Waals surface area contributed by atoms with Crippen molar-refractivity contribution in [2.24, 2.45) is 5.84 Å². The predicted octanol–water partition coefficient (Wildman–Crippen LogP) is 3.27. The quantitative estimate of drug-likeness (QED) is 0.664. The molecular weight excluding hydrogens is 254 g/mol. The van der Waals surface area contributed by atoms with Crippen molar-refractivity contribution in [1.82, 2.24) is 10.4 Å². The van der Waals surface area contributed by atoms with Crippen molar-refractivity contribution in [2.75, 3.05) is 0 Å². The summed E-state index contributed by atoms with van der Waals surface area (Å²) in [5, 5.41) is 0. The van der Waals surface area contributed by atoms with Crippen molar-refractivity contribution >= 4 is 11.3 Å². The Bertz CT molecular complexity index is 560. The van der Waals surface area contributed by atoms with E-state index in [0.717, 1.165) is 5.69 Å². The number of nitrogens with zero attached hydrogens (tertiary/aromatic N) is 1. The minimum Gasteiger partial charge on any atom is -0.271 e. The van der Waals surface area contributed by atoms with Crippen molar-refractivity contribution in [1.29, 1.82) is 0 Å². The van der Waals surface area contributed by atoms with Crippen LogP contribution in [-0.2, 0) is 0 Å². The van der Waals surface area contributed by atoms with Crippen molar-refractivity contribution in [3.8, 4) is 0 Å². The molecule has 3 nitrogen and oxygen atoms in total. The fourth-order valence-electron chi connectivity index (χ4n) is 2.76. The number of nitrogens with one attached hydrogen (secondary N) is 1. The van der Waals surface area contributed by atoms with Gasteiger partial charge < -0.3 is 0 Å². The van der Waals surface area contributed by atoms with Gasteiger partial charge in [0.25, 0.3) is 0 Å². The van der Waals surface area contributed by atoms with Gasteiger partial charge in [-0.3, -0.25) is 5.84 Å². The topological polar surface area (TPSA) is 50.9 Å². The van der Waals surface area contributed by atoms with Gasteiger partial charge in [-0.05, 0) is 36.8 Å². The molecule has 0 saturated heterocycles. The third kappa shape index (κ3) is 2.31. The Morgan fingerprint density at radius 1 is 1.37 bits per heavy atom. The maximum absolute atomic E-state index is 5.82. The lowest BCUT2D eigenvalue weighted by atomic mass is 9.77. The number of thiazole rings is 1. The lowest BCUT2D eigenvalue weighted by Crippen LogP contribution is -2.30. The van der Waals surface area contributed by atoms with Gasteiger partial charge in [0.1, 0.15) is 0 Å².